The summed E-state index contributed by atoms with van der Waals surface area (Å²) >= 11 is 0. The number of aliphatic hydroxyl groups excluding tert-OH is 1. The quantitative estimate of drug-likeness (QED) is 0.158. The largest absolute Gasteiger partial charge is 0.481 e. The standard InChI is InChI=1S/C21H38N4O8/c1-6-10(3)15(23-18(29)13(22)8-9-14(27)28)19(30)24-16(11(4)7-2)20(31)25-17(12(5)26)21(32)33/h10-13,15-17,26H,6-9,22H2,1-5H3,(H,23,29)(H,24,30)(H,25,31)(H,27,28)(H,32,33). The van der Waals surface area contributed by atoms with E-state index in [1.54, 1.807) is 27.7 Å². The molecule has 8 N–H and O–H groups in total. The number of hydrogen-bond acceptors (Lipinski definition) is 7. The number of aliphatic hydroxyl groups is 1. The van der Waals surface area contributed by atoms with Crippen LogP contribution in [0.25, 0.3) is 0 Å². The van der Waals surface area contributed by atoms with Crippen molar-refractivity contribution in [1.29, 1.82) is 0 Å². The van der Waals surface area contributed by atoms with E-state index in [0.717, 1.165) is 0 Å². The summed E-state index contributed by atoms with van der Waals surface area (Å²) in [6.07, 6.45) is -0.792. The molecular formula is C21H38N4O8. The van der Waals surface area contributed by atoms with Crippen molar-refractivity contribution in [2.75, 3.05) is 0 Å². The minimum atomic E-state index is -1.56. The first-order valence-electron chi connectivity index (χ1n) is 11.1. The highest BCUT2D eigenvalue weighted by Gasteiger charge is 2.35. The van der Waals surface area contributed by atoms with Crippen molar-refractivity contribution >= 4 is 29.7 Å². The normalized spacial score (nSPS) is 17.4. The van der Waals surface area contributed by atoms with Crippen LogP contribution in [0.15, 0.2) is 0 Å². The second kappa shape index (κ2) is 14.4. The van der Waals surface area contributed by atoms with Crippen molar-refractivity contribution in [2.24, 2.45) is 17.6 Å². The summed E-state index contributed by atoms with van der Waals surface area (Å²) in [5.41, 5.74) is 5.74. The molecule has 0 aromatic rings. The number of aliphatic carboxylic acids is 2. The second-order valence-corrected chi connectivity index (χ2v) is 8.35. The first kappa shape index (κ1) is 30.3. The highest BCUT2D eigenvalue weighted by Crippen LogP contribution is 2.13. The van der Waals surface area contributed by atoms with E-state index in [1.165, 1.54) is 6.92 Å². The van der Waals surface area contributed by atoms with E-state index in [-0.39, 0.29) is 24.7 Å². The average molecular weight is 475 g/mol. The molecule has 0 saturated carbocycles. The molecule has 12 heteroatoms. The van der Waals surface area contributed by atoms with Crippen LogP contribution in [-0.2, 0) is 24.0 Å². The maximum absolute atomic E-state index is 13.1. The van der Waals surface area contributed by atoms with Gasteiger partial charge in [0.2, 0.25) is 17.7 Å². The summed E-state index contributed by atoms with van der Waals surface area (Å²) in [7, 11) is 0. The number of nitrogens with one attached hydrogen (secondary N) is 3. The minimum Gasteiger partial charge on any atom is -0.481 e. The topological polar surface area (TPSA) is 208 Å². The van der Waals surface area contributed by atoms with Crippen LogP contribution >= 0.6 is 0 Å². The summed E-state index contributed by atoms with van der Waals surface area (Å²) < 4.78 is 0. The molecule has 7 unspecified atom stereocenters. The average Bonchev–Trinajstić information content (AvgIpc) is 2.75. The number of rotatable bonds is 15. The van der Waals surface area contributed by atoms with E-state index in [1.807, 2.05) is 0 Å². The van der Waals surface area contributed by atoms with E-state index < -0.39 is 59.9 Å². The molecule has 0 rings (SSSR count). The van der Waals surface area contributed by atoms with Crippen LogP contribution in [0.4, 0.5) is 0 Å². The number of carbonyl (C=O) groups excluding carboxylic acids is 3. The van der Waals surface area contributed by atoms with Gasteiger partial charge in [0.05, 0.1) is 12.1 Å². The Labute approximate surface area is 193 Å². The van der Waals surface area contributed by atoms with Gasteiger partial charge >= 0.3 is 11.9 Å². The lowest BCUT2D eigenvalue weighted by Crippen LogP contribution is -2.60. The third kappa shape index (κ3) is 10.2. The molecule has 0 fully saturated rings. The first-order chi connectivity index (χ1) is 15.3. The Hall–Kier alpha value is -2.73. The first-order valence-corrected chi connectivity index (χ1v) is 11.1. The molecule has 3 amide bonds. The predicted molar refractivity (Wildman–Crippen MR) is 119 cm³/mol. The van der Waals surface area contributed by atoms with Gasteiger partial charge in [-0.05, 0) is 25.2 Å². The van der Waals surface area contributed by atoms with Gasteiger partial charge in [0.1, 0.15) is 12.1 Å². The Bertz CT molecular complexity index is 700. The molecule has 7 atom stereocenters. The van der Waals surface area contributed by atoms with Gasteiger partial charge in [-0.1, -0.05) is 40.5 Å². The van der Waals surface area contributed by atoms with Crippen LogP contribution in [0.3, 0.4) is 0 Å². The molecular weight excluding hydrogens is 436 g/mol. The Morgan fingerprint density at radius 2 is 1.15 bits per heavy atom. The highest BCUT2D eigenvalue weighted by molar-refractivity contribution is 5.94. The number of carboxylic acids is 2. The Morgan fingerprint density at radius 3 is 1.48 bits per heavy atom. The third-order valence-corrected chi connectivity index (χ3v) is 5.64. The van der Waals surface area contributed by atoms with Crippen molar-refractivity contribution in [3.05, 3.63) is 0 Å². The minimum absolute atomic E-state index is 0.107. The lowest BCUT2D eigenvalue weighted by Gasteiger charge is -2.30. The SMILES string of the molecule is CCC(C)C(NC(=O)C(N)CCC(=O)O)C(=O)NC(C(=O)NC(C(=O)O)C(C)O)C(C)CC. The lowest BCUT2D eigenvalue weighted by atomic mass is 9.94. The van der Waals surface area contributed by atoms with Crippen molar-refractivity contribution in [3.8, 4) is 0 Å². The maximum Gasteiger partial charge on any atom is 0.328 e. The molecule has 0 aliphatic heterocycles. The molecule has 0 aromatic carbocycles. The van der Waals surface area contributed by atoms with Gasteiger partial charge in [-0.15, -0.1) is 0 Å². The zero-order valence-electron chi connectivity index (χ0n) is 19.8. The summed E-state index contributed by atoms with van der Waals surface area (Å²) in [6, 6.07) is -4.85. The molecule has 0 bridgehead atoms. The molecule has 0 aromatic heterocycles. The summed E-state index contributed by atoms with van der Waals surface area (Å²) in [5, 5.41) is 35.0. The van der Waals surface area contributed by atoms with Gasteiger partial charge in [-0.2, -0.15) is 0 Å². The van der Waals surface area contributed by atoms with Crippen molar-refractivity contribution < 1.29 is 39.3 Å². The molecule has 12 nitrogen and oxygen atoms in total. The molecule has 0 spiro atoms. The fourth-order valence-electron chi connectivity index (χ4n) is 2.95. The van der Waals surface area contributed by atoms with Gasteiger partial charge in [-0.25, -0.2) is 4.79 Å². The molecule has 0 heterocycles. The molecule has 0 aliphatic carbocycles. The number of nitrogens with two attached hydrogens (primary N) is 1. The maximum atomic E-state index is 13.1. The zero-order valence-corrected chi connectivity index (χ0v) is 19.8. The fourth-order valence-corrected chi connectivity index (χ4v) is 2.95. The Kier molecular flexibility index (Phi) is 13.2. The number of carboxylic acid groups (broad SMARTS) is 2. The van der Waals surface area contributed by atoms with Gasteiger partial charge < -0.3 is 37.0 Å². The lowest BCUT2D eigenvalue weighted by molar-refractivity contribution is -0.145. The molecule has 0 saturated heterocycles. The smallest absolute Gasteiger partial charge is 0.328 e. The van der Waals surface area contributed by atoms with Crippen LogP contribution in [-0.4, -0.2) is 75.3 Å². The molecule has 0 radical (unpaired) electrons. The van der Waals surface area contributed by atoms with E-state index in [0.29, 0.717) is 12.8 Å². The molecule has 33 heavy (non-hydrogen) atoms. The van der Waals surface area contributed by atoms with Crippen LogP contribution in [0.2, 0.25) is 0 Å². The van der Waals surface area contributed by atoms with Crippen LogP contribution in [0, 0.1) is 11.8 Å². The van der Waals surface area contributed by atoms with E-state index >= 15 is 0 Å². The zero-order chi connectivity index (χ0) is 25.9. The Morgan fingerprint density at radius 1 is 0.758 bits per heavy atom. The van der Waals surface area contributed by atoms with Crippen molar-refractivity contribution in [1.82, 2.24) is 16.0 Å². The molecule has 0 aliphatic rings. The van der Waals surface area contributed by atoms with Crippen LogP contribution in [0.5, 0.6) is 0 Å². The van der Waals surface area contributed by atoms with Gasteiger partial charge in [0.15, 0.2) is 6.04 Å². The van der Waals surface area contributed by atoms with E-state index in [4.69, 9.17) is 10.8 Å². The van der Waals surface area contributed by atoms with Crippen LogP contribution in [0.1, 0.15) is 60.3 Å². The number of amides is 3. The second-order valence-electron chi connectivity index (χ2n) is 8.35. The summed E-state index contributed by atoms with van der Waals surface area (Å²) in [4.78, 5) is 60.3. The van der Waals surface area contributed by atoms with E-state index in [2.05, 4.69) is 16.0 Å². The highest BCUT2D eigenvalue weighted by atomic mass is 16.4. The van der Waals surface area contributed by atoms with Crippen molar-refractivity contribution in [3.63, 3.8) is 0 Å². The van der Waals surface area contributed by atoms with Gasteiger partial charge in [0.25, 0.3) is 0 Å². The summed E-state index contributed by atoms with van der Waals surface area (Å²) in [6.45, 7) is 8.23. The predicted octanol–water partition coefficient (Wildman–Crippen LogP) is -0.809. The summed E-state index contributed by atoms with van der Waals surface area (Å²) in [5.74, 6) is -5.39. The monoisotopic (exact) mass is 474 g/mol. The number of carbonyl (C=O) groups is 5. The Balaban J connectivity index is 5.57. The van der Waals surface area contributed by atoms with E-state index in [9.17, 15) is 34.2 Å². The third-order valence-electron chi connectivity index (χ3n) is 5.64. The van der Waals surface area contributed by atoms with Crippen LogP contribution < -0.4 is 21.7 Å². The molecule has 190 valence electrons. The fraction of sp³-hybridized carbons (Fsp3) is 0.762. The van der Waals surface area contributed by atoms with Gasteiger partial charge in [-0.3, -0.25) is 19.2 Å². The van der Waals surface area contributed by atoms with Crippen molar-refractivity contribution in [2.45, 2.75) is 90.6 Å². The van der Waals surface area contributed by atoms with Gasteiger partial charge in [0, 0.05) is 6.42 Å². The number of hydrogen-bond donors (Lipinski definition) is 7.